The van der Waals surface area contributed by atoms with E-state index >= 15 is 0 Å². The molecule has 5 nitrogen and oxygen atoms in total. The number of hydrogen-bond donors (Lipinski definition) is 2. The third kappa shape index (κ3) is 5.43. The molecule has 0 aliphatic heterocycles. The monoisotopic (exact) mass is 316 g/mol. The van der Waals surface area contributed by atoms with Crippen molar-refractivity contribution in [2.24, 2.45) is 0 Å². The van der Waals surface area contributed by atoms with Crippen molar-refractivity contribution in [1.29, 1.82) is 0 Å². The molecule has 2 N–H and O–H groups in total. The Morgan fingerprint density at radius 3 is 2.78 bits per heavy atom. The van der Waals surface area contributed by atoms with E-state index in [4.69, 9.17) is 4.74 Å². The van der Waals surface area contributed by atoms with Crippen LogP contribution in [0.25, 0.3) is 0 Å². The van der Waals surface area contributed by atoms with E-state index in [1.807, 2.05) is 0 Å². The van der Waals surface area contributed by atoms with Gasteiger partial charge >= 0.3 is 12.0 Å². The number of carbonyl (C=O) groups is 2. The first-order chi connectivity index (χ1) is 11.2. The van der Waals surface area contributed by atoms with Crippen LogP contribution in [0.15, 0.2) is 35.9 Å². The molecule has 0 saturated carbocycles. The van der Waals surface area contributed by atoms with Gasteiger partial charge in [0.05, 0.1) is 17.9 Å². The third-order valence-electron chi connectivity index (χ3n) is 3.79. The van der Waals surface area contributed by atoms with E-state index in [9.17, 15) is 9.59 Å². The second kappa shape index (κ2) is 8.98. The highest BCUT2D eigenvalue weighted by Gasteiger charge is 2.13. The molecule has 1 aromatic carbocycles. The number of anilines is 1. The van der Waals surface area contributed by atoms with Gasteiger partial charge < -0.3 is 15.4 Å². The maximum absolute atomic E-state index is 12.0. The Hall–Kier alpha value is -2.30. The average molecular weight is 316 g/mol. The Kier molecular flexibility index (Phi) is 6.66. The van der Waals surface area contributed by atoms with Crippen molar-refractivity contribution in [1.82, 2.24) is 5.32 Å². The highest BCUT2D eigenvalue weighted by Crippen LogP contribution is 2.19. The fourth-order valence-electron chi connectivity index (χ4n) is 2.61. The molecule has 0 radical (unpaired) electrons. The number of para-hydroxylation sites is 1. The molecule has 2 rings (SSSR count). The van der Waals surface area contributed by atoms with Gasteiger partial charge in [-0.2, -0.15) is 0 Å². The molecule has 1 aromatic rings. The molecule has 23 heavy (non-hydrogen) atoms. The van der Waals surface area contributed by atoms with Gasteiger partial charge in [-0.15, -0.1) is 0 Å². The zero-order valence-corrected chi connectivity index (χ0v) is 13.6. The molecule has 0 heterocycles. The highest BCUT2D eigenvalue weighted by atomic mass is 16.5. The molecule has 0 bridgehead atoms. The van der Waals surface area contributed by atoms with Crippen LogP contribution in [0.4, 0.5) is 10.5 Å². The minimum atomic E-state index is -0.434. The topological polar surface area (TPSA) is 67.4 Å². The summed E-state index contributed by atoms with van der Waals surface area (Å²) in [6.45, 7) is 2.65. The Morgan fingerprint density at radius 1 is 1.22 bits per heavy atom. The summed E-state index contributed by atoms with van der Waals surface area (Å²) in [6.07, 6.45) is 7.95. The number of ether oxygens (including phenoxy) is 1. The molecule has 0 saturated heterocycles. The Bertz CT molecular complexity index is 581. The molecule has 1 aliphatic carbocycles. The number of benzene rings is 1. The van der Waals surface area contributed by atoms with Crippen molar-refractivity contribution in [3.8, 4) is 0 Å². The van der Waals surface area contributed by atoms with Crippen molar-refractivity contribution < 1.29 is 14.3 Å². The number of nitrogens with one attached hydrogen (secondary N) is 2. The van der Waals surface area contributed by atoms with Crippen LogP contribution < -0.4 is 10.6 Å². The molecular weight excluding hydrogens is 292 g/mol. The van der Waals surface area contributed by atoms with E-state index in [0.29, 0.717) is 24.4 Å². The minimum Gasteiger partial charge on any atom is -0.462 e. The quantitative estimate of drug-likeness (QED) is 0.618. The highest BCUT2D eigenvalue weighted by molar-refractivity contribution is 6.00. The standard InChI is InChI=1S/C18H24N2O3/c1-2-23-17(21)15-10-6-7-11-16(15)20-18(22)19-13-12-14-8-4-3-5-9-14/h6-8,10-11H,2-5,9,12-13H2,1H3,(H2,19,20,22). The van der Waals surface area contributed by atoms with Crippen LogP contribution in [0.2, 0.25) is 0 Å². The number of hydrogen-bond acceptors (Lipinski definition) is 3. The van der Waals surface area contributed by atoms with E-state index in [-0.39, 0.29) is 6.03 Å². The van der Waals surface area contributed by atoms with Crippen LogP contribution in [-0.2, 0) is 4.74 Å². The molecule has 1 aliphatic rings. The zero-order valence-electron chi connectivity index (χ0n) is 13.6. The number of rotatable bonds is 6. The summed E-state index contributed by atoms with van der Waals surface area (Å²) in [5, 5.41) is 5.55. The van der Waals surface area contributed by atoms with Crippen molar-refractivity contribution in [2.75, 3.05) is 18.5 Å². The maximum Gasteiger partial charge on any atom is 0.340 e. The Balaban J connectivity index is 1.85. The average Bonchev–Trinajstić information content (AvgIpc) is 2.56. The second-order valence-corrected chi connectivity index (χ2v) is 5.51. The molecule has 124 valence electrons. The van der Waals surface area contributed by atoms with Crippen molar-refractivity contribution in [3.63, 3.8) is 0 Å². The lowest BCUT2D eigenvalue weighted by atomic mass is 9.97. The summed E-state index contributed by atoms with van der Waals surface area (Å²) in [4.78, 5) is 23.9. The van der Waals surface area contributed by atoms with Gasteiger partial charge in [-0.25, -0.2) is 9.59 Å². The first kappa shape index (κ1) is 17.1. The molecule has 5 heteroatoms. The maximum atomic E-state index is 12.0. The Morgan fingerprint density at radius 2 is 2.04 bits per heavy atom. The van der Waals surface area contributed by atoms with E-state index in [1.165, 1.54) is 18.4 Å². The largest absolute Gasteiger partial charge is 0.462 e. The molecule has 0 unspecified atom stereocenters. The predicted octanol–water partition coefficient (Wildman–Crippen LogP) is 3.88. The van der Waals surface area contributed by atoms with Gasteiger partial charge in [-0.3, -0.25) is 0 Å². The number of urea groups is 1. The summed E-state index contributed by atoms with van der Waals surface area (Å²) in [6, 6.07) is 6.53. The van der Waals surface area contributed by atoms with Crippen LogP contribution in [0.5, 0.6) is 0 Å². The predicted molar refractivity (Wildman–Crippen MR) is 90.6 cm³/mol. The van der Waals surface area contributed by atoms with E-state index in [1.54, 1.807) is 31.2 Å². The summed E-state index contributed by atoms with van der Waals surface area (Å²) < 4.78 is 4.99. The lowest BCUT2D eigenvalue weighted by Crippen LogP contribution is -2.30. The molecule has 0 aromatic heterocycles. The van der Waals surface area contributed by atoms with Crippen molar-refractivity contribution >= 4 is 17.7 Å². The SMILES string of the molecule is CCOC(=O)c1ccccc1NC(=O)NCCC1=CCCCC1. The smallest absolute Gasteiger partial charge is 0.340 e. The van der Waals surface area contributed by atoms with Gasteiger partial charge in [0.25, 0.3) is 0 Å². The van der Waals surface area contributed by atoms with Gasteiger partial charge in [-0.1, -0.05) is 23.8 Å². The fraction of sp³-hybridized carbons (Fsp3) is 0.444. The van der Waals surface area contributed by atoms with Gasteiger partial charge in [-0.05, 0) is 51.2 Å². The van der Waals surface area contributed by atoms with Gasteiger partial charge in [0, 0.05) is 6.54 Å². The second-order valence-electron chi connectivity index (χ2n) is 5.51. The number of allylic oxidation sites excluding steroid dienone is 1. The van der Waals surface area contributed by atoms with Crippen molar-refractivity contribution in [2.45, 2.75) is 39.0 Å². The summed E-state index contributed by atoms with van der Waals surface area (Å²) in [5.74, 6) is -0.434. The van der Waals surface area contributed by atoms with Gasteiger partial charge in [0.15, 0.2) is 0 Å². The molecule has 2 amide bonds. The molecule has 0 fully saturated rings. The van der Waals surface area contributed by atoms with Crippen LogP contribution >= 0.6 is 0 Å². The third-order valence-corrected chi connectivity index (χ3v) is 3.79. The molecule has 0 atom stereocenters. The Labute approximate surface area is 137 Å². The summed E-state index contributed by atoms with van der Waals surface area (Å²) in [7, 11) is 0. The van der Waals surface area contributed by atoms with Gasteiger partial charge in [0.1, 0.15) is 0 Å². The van der Waals surface area contributed by atoms with Gasteiger partial charge in [0.2, 0.25) is 0 Å². The first-order valence-electron chi connectivity index (χ1n) is 8.19. The number of esters is 1. The van der Waals surface area contributed by atoms with Crippen LogP contribution in [0.3, 0.4) is 0 Å². The fourth-order valence-corrected chi connectivity index (χ4v) is 2.61. The van der Waals surface area contributed by atoms with Crippen molar-refractivity contribution in [3.05, 3.63) is 41.5 Å². The molecular formula is C18H24N2O3. The first-order valence-corrected chi connectivity index (χ1v) is 8.19. The van der Waals surface area contributed by atoms with Crippen LogP contribution in [0, 0.1) is 0 Å². The normalized spacial score (nSPS) is 13.9. The lowest BCUT2D eigenvalue weighted by Gasteiger charge is -2.14. The summed E-state index contributed by atoms with van der Waals surface area (Å²) >= 11 is 0. The van der Waals surface area contributed by atoms with E-state index in [0.717, 1.165) is 19.3 Å². The number of carbonyl (C=O) groups excluding carboxylic acids is 2. The number of amides is 2. The van der Waals surface area contributed by atoms with Crippen LogP contribution in [-0.4, -0.2) is 25.2 Å². The lowest BCUT2D eigenvalue weighted by molar-refractivity contribution is 0.0527. The summed E-state index contributed by atoms with van der Waals surface area (Å²) in [5.41, 5.74) is 2.24. The van der Waals surface area contributed by atoms with E-state index in [2.05, 4.69) is 16.7 Å². The van der Waals surface area contributed by atoms with E-state index < -0.39 is 5.97 Å². The van der Waals surface area contributed by atoms with Crippen LogP contribution in [0.1, 0.15) is 49.4 Å². The zero-order chi connectivity index (χ0) is 16.5. The molecule has 0 spiro atoms. The minimum absolute atomic E-state index is 0.300.